The molecule has 1 aliphatic rings. The number of hydrogen-bond donors (Lipinski definition) is 1. The van der Waals surface area contributed by atoms with Crippen LogP contribution < -0.4 is 10.2 Å². The summed E-state index contributed by atoms with van der Waals surface area (Å²) in [6.45, 7) is 5.19. The molecule has 0 radical (unpaired) electrons. The second-order valence-electron chi connectivity index (χ2n) is 4.83. The standard InChI is InChI=1S/C14H23N3O/c1-18-11-8-16-12-13-4-9-17(10-5-13)14-2-6-15-7-3-14/h2-3,6-7,13,16H,4-5,8-12H2,1H3. The van der Waals surface area contributed by atoms with Gasteiger partial charge in [0.1, 0.15) is 0 Å². The van der Waals surface area contributed by atoms with Gasteiger partial charge in [-0.2, -0.15) is 0 Å². The van der Waals surface area contributed by atoms with Gasteiger partial charge in [0.2, 0.25) is 0 Å². The van der Waals surface area contributed by atoms with Crippen LogP contribution in [0.25, 0.3) is 0 Å². The molecule has 0 bridgehead atoms. The first-order chi connectivity index (χ1) is 8.90. The number of nitrogens with zero attached hydrogens (tertiary/aromatic N) is 2. The molecule has 100 valence electrons. The molecule has 0 saturated carbocycles. The molecule has 4 nitrogen and oxygen atoms in total. The molecule has 1 aromatic rings. The summed E-state index contributed by atoms with van der Waals surface area (Å²) < 4.78 is 5.03. The predicted molar refractivity (Wildman–Crippen MR) is 73.9 cm³/mol. The highest BCUT2D eigenvalue weighted by Gasteiger charge is 2.18. The van der Waals surface area contributed by atoms with Gasteiger partial charge in [-0.1, -0.05) is 0 Å². The summed E-state index contributed by atoms with van der Waals surface area (Å²) in [6, 6.07) is 4.19. The smallest absolute Gasteiger partial charge is 0.0587 e. The van der Waals surface area contributed by atoms with Gasteiger partial charge in [0.25, 0.3) is 0 Å². The molecule has 0 spiro atoms. The minimum Gasteiger partial charge on any atom is -0.383 e. The Morgan fingerprint density at radius 2 is 2.06 bits per heavy atom. The van der Waals surface area contributed by atoms with Crippen molar-refractivity contribution in [2.45, 2.75) is 12.8 Å². The van der Waals surface area contributed by atoms with Crippen LogP contribution in [0.2, 0.25) is 0 Å². The summed E-state index contributed by atoms with van der Waals surface area (Å²) >= 11 is 0. The third-order valence-electron chi connectivity index (χ3n) is 3.56. The third-order valence-corrected chi connectivity index (χ3v) is 3.56. The van der Waals surface area contributed by atoms with E-state index in [-0.39, 0.29) is 0 Å². The molecule has 2 rings (SSSR count). The van der Waals surface area contributed by atoms with Crippen molar-refractivity contribution in [1.29, 1.82) is 0 Å². The summed E-state index contributed by atoms with van der Waals surface area (Å²) in [5, 5.41) is 3.46. The quantitative estimate of drug-likeness (QED) is 0.776. The number of nitrogens with one attached hydrogen (secondary N) is 1. The highest BCUT2D eigenvalue weighted by Crippen LogP contribution is 2.21. The second kappa shape index (κ2) is 7.34. The lowest BCUT2D eigenvalue weighted by molar-refractivity contribution is 0.197. The van der Waals surface area contributed by atoms with E-state index in [9.17, 15) is 0 Å². The molecule has 4 heteroatoms. The van der Waals surface area contributed by atoms with Gasteiger partial charge in [0.05, 0.1) is 6.61 Å². The Morgan fingerprint density at radius 1 is 1.33 bits per heavy atom. The number of aromatic nitrogens is 1. The Kier molecular flexibility index (Phi) is 5.42. The molecule has 2 heterocycles. The maximum atomic E-state index is 5.03. The van der Waals surface area contributed by atoms with Crippen molar-refractivity contribution in [2.75, 3.05) is 44.8 Å². The van der Waals surface area contributed by atoms with Crippen LogP contribution in [0.5, 0.6) is 0 Å². The normalized spacial score (nSPS) is 17.1. The molecular formula is C14H23N3O. The molecule has 0 amide bonds. The van der Waals surface area contributed by atoms with Crippen LogP contribution in [0, 0.1) is 5.92 Å². The van der Waals surface area contributed by atoms with Crippen molar-refractivity contribution < 1.29 is 4.74 Å². The summed E-state index contributed by atoms with van der Waals surface area (Å²) in [5.74, 6) is 0.806. The molecule has 0 aromatic carbocycles. The highest BCUT2D eigenvalue weighted by molar-refractivity contribution is 5.44. The third kappa shape index (κ3) is 3.96. The number of rotatable bonds is 6. The zero-order chi connectivity index (χ0) is 12.6. The van der Waals surface area contributed by atoms with Crippen molar-refractivity contribution in [3.05, 3.63) is 24.5 Å². The van der Waals surface area contributed by atoms with Crippen LogP contribution in [-0.2, 0) is 4.74 Å². The number of ether oxygens (including phenoxy) is 1. The fourth-order valence-electron chi connectivity index (χ4n) is 2.43. The number of anilines is 1. The van der Waals surface area contributed by atoms with Crippen LogP contribution >= 0.6 is 0 Å². The molecule has 0 unspecified atom stereocenters. The minimum absolute atomic E-state index is 0.801. The summed E-state index contributed by atoms with van der Waals surface area (Å²) in [5.41, 5.74) is 1.30. The van der Waals surface area contributed by atoms with E-state index >= 15 is 0 Å². The number of piperidine rings is 1. The fraction of sp³-hybridized carbons (Fsp3) is 0.643. The van der Waals surface area contributed by atoms with E-state index in [0.717, 1.165) is 38.7 Å². The maximum absolute atomic E-state index is 5.03. The first-order valence-corrected chi connectivity index (χ1v) is 6.75. The lowest BCUT2D eigenvalue weighted by Gasteiger charge is -2.33. The SMILES string of the molecule is COCCNCC1CCN(c2ccncc2)CC1. The van der Waals surface area contributed by atoms with E-state index in [0.29, 0.717) is 0 Å². The van der Waals surface area contributed by atoms with Crippen molar-refractivity contribution in [2.24, 2.45) is 5.92 Å². The van der Waals surface area contributed by atoms with E-state index < -0.39 is 0 Å². The summed E-state index contributed by atoms with van der Waals surface area (Å²) in [7, 11) is 1.74. The lowest BCUT2D eigenvalue weighted by Crippen LogP contribution is -2.37. The van der Waals surface area contributed by atoms with Crippen LogP contribution in [-0.4, -0.2) is 44.9 Å². The second-order valence-corrected chi connectivity index (χ2v) is 4.83. The summed E-state index contributed by atoms with van der Waals surface area (Å²) in [6.07, 6.45) is 6.27. The van der Waals surface area contributed by atoms with Gasteiger partial charge in [0, 0.05) is 44.8 Å². The largest absolute Gasteiger partial charge is 0.383 e. The lowest BCUT2D eigenvalue weighted by atomic mass is 9.96. The van der Waals surface area contributed by atoms with Crippen molar-refractivity contribution in [3.8, 4) is 0 Å². The molecule has 1 saturated heterocycles. The highest BCUT2D eigenvalue weighted by atomic mass is 16.5. The van der Waals surface area contributed by atoms with Gasteiger partial charge in [-0.15, -0.1) is 0 Å². The van der Waals surface area contributed by atoms with Gasteiger partial charge in [-0.05, 0) is 37.4 Å². The molecule has 1 fully saturated rings. The molecule has 0 aliphatic carbocycles. The molecule has 1 aromatic heterocycles. The first-order valence-electron chi connectivity index (χ1n) is 6.75. The zero-order valence-electron chi connectivity index (χ0n) is 11.1. The Morgan fingerprint density at radius 3 is 2.72 bits per heavy atom. The molecule has 1 aliphatic heterocycles. The monoisotopic (exact) mass is 249 g/mol. The van der Waals surface area contributed by atoms with Gasteiger partial charge >= 0.3 is 0 Å². The Labute approximate surface area is 109 Å². The topological polar surface area (TPSA) is 37.4 Å². The van der Waals surface area contributed by atoms with Crippen molar-refractivity contribution >= 4 is 5.69 Å². The Bertz CT molecular complexity index is 323. The first kappa shape index (κ1) is 13.3. The van der Waals surface area contributed by atoms with Crippen LogP contribution in [0.4, 0.5) is 5.69 Å². The van der Waals surface area contributed by atoms with E-state index in [1.54, 1.807) is 7.11 Å². The fourth-order valence-corrected chi connectivity index (χ4v) is 2.43. The zero-order valence-corrected chi connectivity index (χ0v) is 11.1. The van der Waals surface area contributed by atoms with Crippen LogP contribution in [0.15, 0.2) is 24.5 Å². The molecule has 0 atom stereocenters. The predicted octanol–water partition coefficient (Wildman–Crippen LogP) is 1.53. The van der Waals surface area contributed by atoms with Crippen LogP contribution in [0.3, 0.4) is 0 Å². The number of methoxy groups -OCH3 is 1. The van der Waals surface area contributed by atoms with E-state index in [4.69, 9.17) is 4.74 Å². The van der Waals surface area contributed by atoms with E-state index in [2.05, 4.69) is 27.3 Å². The van der Waals surface area contributed by atoms with Gasteiger partial charge < -0.3 is 15.0 Å². The average molecular weight is 249 g/mol. The summed E-state index contributed by atoms with van der Waals surface area (Å²) in [4.78, 5) is 6.52. The van der Waals surface area contributed by atoms with E-state index in [1.165, 1.54) is 18.5 Å². The average Bonchev–Trinajstić information content (AvgIpc) is 2.45. The minimum atomic E-state index is 0.801. The van der Waals surface area contributed by atoms with Gasteiger partial charge in [-0.3, -0.25) is 4.98 Å². The molecular weight excluding hydrogens is 226 g/mol. The molecule has 18 heavy (non-hydrogen) atoms. The van der Waals surface area contributed by atoms with Gasteiger partial charge in [-0.25, -0.2) is 0 Å². The van der Waals surface area contributed by atoms with Crippen molar-refractivity contribution in [3.63, 3.8) is 0 Å². The van der Waals surface area contributed by atoms with E-state index in [1.807, 2.05) is 12.4 Å². The maximum Gasteiger partial charge on any atom is 0.0587 e. The number of hydrogen-bond acceptors (Lipinski definition) is 4. The number of pyridine rings is 1. The van der Waals surface area contributed by atoms with Gasteiger partial charge in [0.15, 0.2) is 0 Å². The Balaban J connectivity index is 1.68. The van der Waals surface area contributed by atoms with Crippen molar-refractivity contribution in [1.82, 2.24) is 10.3 Å². The molecule has 1 N–H and O–H groups in total. The Hall–Kier alpha value is -1.13. The van der Waals surface area contributed by atoms with Crippen LogP contribution in [0.1, 0.15) is 12.8 Å².